The van der Waals surface area contributed by atoms with E-state index in [9.17, 15) is 4.79 Å². The van der Waals surface area contributed by atoms with Gasteiger partial charge in [-0.3, -0.25) is 4.79 Å². The van der Waals surface area contributed by atoms with Crippen LogP contribution >= 0.6 is 11.8 Å². The molecule has 2 N–H and O–H groups in total. The Morgan fingerprint density at radius 3 is 2.52 bits per heavy atom. The lowest BCUT2D eigenvalue weighted by molar-refractivity contribution is 0.102. The minimum atomic E-state index is -0.125. The minimum Gasteiger partial charge on any atom is -0.373 e. The monoisotopic (exact) mass is 301 g/mol. The van der Waals surface area contributed by atoms with Crippen molar-refractivity contribution in [2.24, 2.45) is 0 Å². The maximum absolute atomic E-state index is 12.3. The first kappa shape index (κ1) is 15.4. The quantitative estimate of drug-likeness (QED) is 0.828. The smallest absolute Gasteiger partial charge is 0.255 e. The number of carbonyl (C=O) groups is 1. The number of anilines is 2. The summed E-state index contributed by atoms with van der Waals surface area (Å²) in [5.41, 5.74) is 2.29. The highest BCUT2D eigenvalue weighted by atomic mass is 32.2. The molecule has 1 aromatic carbocycles. The third-order valence-electron chi connectivity index (χ3n) is 3.11. The van der Waals surface area contributed by atoms with Gasteiger partial charge in [0.2, 0.25) is 0 Å². The van der Waals surface area contributed by atoms with E-state index in [0.717, 1.165) is 17.8 Å². The molecule has 2 aromatic rings. The number of pyridine rings is 1. The molecular weight excluding hydrogens is 282 g/mol. The lowest BCUT2D eigenvalue weighted by atomic mass is 10.1. The van der Waals surface area contributed by atoms with Crippen molar-refractivity contribution in [3.8, 4) is 0 Å². The Labute approximate surface area is 129 Å². The number of aryl methyl sites for hydroxylation is 1. The van der Waals surface area contributed by atoms with Gasteiger partial charge >= 0.3 is 0 Å². The van der Waals surface area contributed by atoms with Crippen LogP contribution in [0, 0.1) is 0 Å². The second-order valence-electron chi connectivity index (χ2n) is 4.52. The average Bonchev–Trinajstić information content (AvgIpc) is 2.54. The number of benzene rings is 1. The summed E-state index contributed by atoms with van der Waals surface area (Å²) in [6.45, 7) is 2.02. The van der Waals surface area contributed by atoms with Gasteiger partial charge in [-0.1, -0.05) is 6.92 Å². The molecule has 0 aliphatic heterocycles. The van der Waals surface area contributed by atoms with Gasteiger partial charge in [-0.05, 0) is 49.1 Å². The first-order valence-electron chi connectivity index (χ1n) is 6.80. The van der Waals surface area contributed by atoms with Crippen molar-refractivity contribution in [3.63, 3.8) is 0 Å². The van der Waals surface area contributed by atoms with Crippen molar-refractivity contribution in [2.75, 3.05) is 23.9 Å². The van der Waals surface area contributed by atoms with Gasteiger partial charge < -0.3 is 10.6 Å². The van der Waals surface area contributed by atoms with Gasteiger partial charge in [0.15, 0.2) is 0 Å². The first-order chi connectivity index (χ1) is 10.2. The Morgan fingerprint density at radius 1 is 1.24 bits per heavy atom. The van der Waals surface area contributed by atoms with E-state index < -0.39 is 0 Å². The standard InChI is InChI=1S/C16H19N3OS/c1-4-12-9-11(10-15(17-2)18-12)16(20)19-13-5-7-14(21-3)8-6-13/h5-10H,4H2,1-3H3,(H,17,18)(H,19,20). The van der Waals surface area contributed by atoms with Crippen molar-refractivity contribution >= 4 is 29.2 Å². The van der Waals surface area contributed by atoms with E-state index in [1.165, 1.54) is 4.90 Å². The number of rotatable bonds is 5. The zero-order chi connectivity index (χ0) is 15.2. The number of aromatic nitrogens is 1. The molecular formula is C16H19N3OS. The Morgan fingerprint density at radius 2 is 1.95 bits per heavy atom. The number of nitrogens with one attached hydrogen (secondary N) is 2. The van der Waals surface area contributed by atoms with Gasteiger partial charge in [0, 0.05) is 28.9 Å². The molecule has 0 unspecified atom stereocenters. The number of thioether (sulfide) groups is 1. The summed E-state index contributed by atoms with van der Waals surface area (Å²) in [4.78, 5) is 17.9. The summed E-state index contributed by atoms with van der Waals surface area (Å²) in [5, 5.41) is 5.89. The molecule has 21 heavy (non-hydrogen) atoms. The van der Waals surface area contributed by atoms with Crippen LogP contribution in [0.1, 0.15) is 23.0 Å². The second-order valence-corrected chi connectivity index (χ2v) is 5.40. The number of carbonyl (C=O) groups excluding carboxylic acids is 1. The predicted molar refractivity (Wildman–Crippen MR) is 89.3 cm³/mol. The highest BCUT2D eigenvalue weighted by molar-refractivity contribution is 7.98. The Hall–Kier alpha value is -2.01. The van der Waals surface area contributed by atoms with Crippen LogP contribution in [-0.2, 0) is 6.42 Å². The zero-order valence-electron chi connectivity index (χ0n) is 12.4. The van der Waals surface area contributed by atoms with E-state index in [0.29, 0.717) is 11.4 Å². The van der Waals surface area contributed by atoms with Crippen molar-refractivity contribution in [3.05, 3.63) is 47.7 Å². The summed E-state index contributed by atoms with van der Waals surface area (Å²) >= 11 is 1.67. The molecule has 0 bridgehead atoms. The second kappa shape index (κ2) is 7.13. The number of nitrogens with zero attached hydrogens (tertiary/aromatic N) is 1. The molecule has 0 spiro atoms. The van der Waals surface area contributed by atoms with Crippen LogP contribution in [0.4, 0.5) is 11.5 Å². The maximum atomic E-state index is 12.3. The van der Waals surface area contributed by atoms with Crippen LogP contribution in [0.5, 0.6) is 0 Å². The van der Waals surface area contributed by atoms with Gasteiger partial charge in [0.05, 0.1) is 0 Å². The lowest BCUT2D eigenvalue weighted by Gasteiger charge is -2.09. The van der Waals surface area contributed by atoms with E-state index in [4.69, 9.17) is 0 Å². The third kappa shape index (κ3) is 3.98. The van der Waals surface area contributed by atoms with E-state index in [2.05, 4.69) is 15.6 Å². The Balaban J connectivity index is 2.18. The van der Waals surface area contributed by atoms with Gasteiger partial charge in [-0.15, -0.1) is 11.8 Å². The van der Waals surface area contributed by atoms with E-state index in [-0.39, 0.29) is 5.91 Å². The largest absolute Gasteiger partial charge is 0.373 e. The van der Waals surface area contributed by atoms with Crippen LogP contribution in [-0.4, -0.2) is 24.2 Å². The van der Waals surface area contributed by atoms with Crippen LogP contribution in [0.15, 0.2) is 41.3 Å². The molecule has 2 rings (SSSR count). The van der Waals surface area contributed by atoms with Crippen LogP contribution in [0.2, 0.25) is 0 Å². The molecule has 4 nitrogen and oxygen atoms in total. The number of amides is 1. The molecule has 1 amide bonds. The molecule has 5 heteroatoms. The molecule has 0 fully saturated rings. The summed E-state index contributed by atoms with van der Waals surface area (Å²) in [6.07, 6.45) is 2.81. The Bertz CT molecular complexity index is 604. The van der Waals surface area contributed by atoms with Crippen molar-refractivity contribution in [2.45, 2.75) is 18.2 Å². The fraction of sp³-hybridized carbons (Fsp3) is 0.250. The molecule has 110 valence electrons. The minimum absolute atomic E-state index is 0.125. The number of hydrogen-bond donors (Lipinski definition) is 2. The molecule has 0 radical (unpaired) electrons. The van der Waals surface area contributed by atoms with Gasteiger partial charge in [-0.25, -0.2) is 4.98 Å². The van der Waals surface area contributed by atoms with E-state index >= 15 is 0 Å². The van der Waals surface area contributed by atoms with Crippen molar-refractivity contribution in [1.82, 2.24) is 4.98 Å². The van der Waals surface area contributed by atoms with Gasteiger partial charge in [0.25, 0.3) is 5.91 Å². The predicted octanol–water partition coefficient (Wildman–Crippen LogP) is 3.66. The average molecular weight is 301 g/mol. The van der Waals surface area contributed by atoms with Gasteiger partial charge in [-0.2, -0.15) is 0 Å². The van der Waals surface area contributed by atoms with E-state index in [1.807, 2.05) is 43.5 Å². The Kier molecular flexibility index (Phi) is 5.22. The fourth-order valence-corrected chi connectivity index (χ4v) is 2.31. The zero-order valence-corrected chi connectivity index (χ0v) is 13.3. The van der Waals surface area contributed by atoms with Crippen molar-refractivity contribution < 1.29 is 4.79 Å². The molecule has 0 saturated carbocycles. The summed E-state index contributed by atoms with van der Waals surface area (Å²) in [6, 6.07) is 11.4. The molecule has 0 saturated heterocycles. The molecule has 1 aromatic heterocycles. The SMILES string of the molecule is CCc1cc(C(=O)Nc2ccc(SC)cc2)cc(NC)n1. The summed E-state index contributed by atoms with van der Waals surface area (Å²) in [5.74, 6) is 0.581. The lowest BCUT2D eigenvalue weighted by Crippen LogP contribution is -2.13. The normalized spacial score (nSPS) is 10.2. The van der Waals surface area contributed by atoms with E-state index in [1.54, 1.807) is 24.9 Å². The molecule has 1 heterocycles. The highest BCUT2D eigenvalue weighted by Gasteiger charge is 2.09. The molecule has 0 aliphatic rings. The number of hydrogen-bond acceptors (Lipinski definition) is 4. The topological polar surface area (TPSA) is 54.0 Å². The van der Waals surface area contributed by atoms with Gasteiger partial charge in [0.1, 0.15) is 5.82 Å². The first-order valence-corrected chi connectivity index (χ1v) is 8.03. The highest BCUT2D eigenvalue weighted by Crippen LogP contribution is 2.18. The van der Waals surface area contributed by atoms with Crippen LogP contribution in [0.25, 0.3) is 0 Å². The van der Waals surface area contributed by atoms with Crippen LogP contribution < -0.4 is 10.6 Å². The summed E-state index contributed by atoms with van der Waals surface area (Å²) < 4.78 is 0. The molecule has 0 aliphatic carbocycles. The fourth-order valence-electron chi connectivity index (χ4n) is 1.91. The summed E-state index contributed by atoms with van der Waals surface area (Å²) in [7, 11) is 1.80. The maximum Gasteiger partial charge on any atom is 0.255 e. The molecule has 0 atom stereocenters. The van der Waals surface area contributed by atoms with Crippen LogP contribution in [0.3, 0.4) is 0 Å². The third-order valence-corrected chi connectivity index (χ3v) is 3.85. The van der Waals surface area contributed by atoms with Crippen molar-refractivity contribution in [1.29, 1.82) is 0 Å².